The number of rotatable bonds is 3. The van der Waals surface area contributed by atoms with Gasteiger partial charge in [-0.15, -0.1) is 0 Å². The SMILES string of the molecule is O=C1CCC(CO)N1Cc1c(F)cccc1Cl. The number of halogens is 2. The molecule has 0 aliphatic carbocycles. The van der Waals surface area contributed by atoms with Crippen molar-refractivity contribution in [1.82, 2.24) is 4.90 Å². The van der Waals surface area contributed by atoms with Gasteiger partial charge < -0.3 is 10.0 Å². The molecule has 0 radical (unpaired) electrons. The largest absolute Gasteiger partial charge is 0.394 e. The molecule has 3 nitrogen and oxygen atoms in total. The van der Waals surface area contributed by atoms with Crippen molar-refractivity contribution in [2.75, 3.05) is 6.61 Å². The summed E-state index contributed by atoms with van der Waals surface area (Å²) < 4.78 is 13.6. The van der Waals surface area contributed by atoms with E-state index in [1.54, 1.807) is 6.07 Å². The minimum atomic E-state index is -0.422. The number of carbonyl (C=O) groups is 1. The summed E-state index contributed by atoms with van der Waals surface area (Å²) in [6, 6.07) is 4.21. The van der Waals surface area contributed by atoms with Crippen LogP contribution in [0.2, 0.25) is 5.02 Å². The minimum absolute atomic E-state index is 0.0663. The van der Waals surface area contributed by atoms with Crippen molar-refractivity contribution in [2.45, 2.75) is 25.4 Å². The summed E-state index contributed by atoms with van der Waals surface area (Å²) in [7, 11) is 0. The van der Waals surface area contributed by atoms with Gasteiger partial charge in [-0.2, -0.15) is 0 Å². The first-order valence-corrected chi connectivity index (χ1v) is 5.84. The monoisotopic (exact) mass is 257 g/mol. The lowest BCUT2D eigenvalue weighted by Gasteiger charge is -2.23. The van der Waals surface area contributed by atoms with E-state index >= 15 is 0 Å². The Hall–Kier alpha value is -1.13. The summed E-state index contributed by atoms with van der Waals surface area (Å²) >= 11 is 5.91. The van der Waals surface area contributed by atoms with Crippen molar-refractivity contribution in [3.63, 3.8) is 0 Å². The number of hydrogen-bond acceptors (Lipinski definition) is 2. The summed E-state index contributed by atoms with van der Waals surface area (Å²) in [5, 5.41) is 9.46. The Kier molecular flexibility index (Phi) is 3.64. The Labute approximate surface area is 104 Å². The zero-order chi connectivity index (χ0) is 12.4. The number of hydrogen-bond donors (Lipinski definition) is 1. The first-order valence-electron chi connectivity index (χ1n) is 5.46. The number of nitrogens with zero attached hydrogens (tertiary/aromatic N) is 1. The fraction of sp³-hybridized carbons (Fsp3) is 0.417. The van der Waals surface area contributed by atoms with E-state index in [0.29, 0.717) is 23.4 Å². The summed E-state index contributed by atoms with van der Waals surface area (Å²) in [6.45, 7) is 0.0212. The molecule has 1 aromatic rings. The van der Waals surface area contributed by atoms with Crippen molar-refractivity contribution < 1.29 is 14.3 Å². The zero-order valence-corrected chi connectivity index (χ0v) is 9.95. The Morgan fingerprint density at radius 3 is 2.94 bits per heavy atom. The second kappa shape index (κ2) is 5.02. The third-order valence-electron chi connectivity index (χ3n) is 3.05. The van der Waals surface area contributed by atoms with Crippen molar-refractivity contribution >= 4 is 17.5 Å². The standard InChI is InChI=1S/C12H13ClFNO2/c13-10-2-1-3-11(14)9(10)6-15-8(7-16)4-5-12(15)17/h1-3,8,16H,4-7H2. The zero-order valence-electron chi connectivity index (χ0n) is 9.20. The van der Waals surface area contributed by atoms with Crippen molar-refractivity contribution in [3.05, 3.63) is 34.6 Å². The molecule has 1 amide bonds. The molecular weight excluding hydrogens is 245 g/mol. The van der Waals surface area contributed by atoms with Crippen LogP contribution in [-0.4, -0.2) is 28.6 Å². The third kappa shape index (κ3) is 2.42. The van der Waals surface area contributed by atoms with Crippen LogP contribution in [0.25, 0.3) is 0 Å². The second-order valence-electron chi connectivity index (χ2n) is 4.10. The highest BCUT2D eigenvalue weighted by atomic mass is 35.5. The van der Waals surface area contributed by atoms with Crippen LogP contribution in [0.4, 0.5) is 4.39 Å². The lowest BCUT2D eigenvalue weighted by Crippen LogP contribution is -2.35. The fourth-order valence-corrected chi connectivity index (χ4v) is 2.28. The minimum Gasteiger partial charge on any atom is -0.394 e. The van der Waals surface area contributed by atoms with Crippen molar-refractivity contribution in [1.29, 1.82) is 0 Å². The lowest BCUT2D eigenvalue weighted by atomic mass is 10.1. The van der Waals surface area contributed by atoms with Crippen LogP contribution in [0, 0.1) is 5.82 Å². The third-order valence-corrected chi connectivity index (χ3v) is 3.41. The maximum Gasteiger partial charge on any atom is 0.223 e. The van der Waals surface area contributed by atoms with Gasteiger partial charge in [-0.25, -0.2) is 4.39 Å². The summed E-state index contributed by atoms with van der Waals surface area (Å²) in [5.74, 6) is -0.489. The van der Waals surface area contributed by atoms with Gasteiger partial charge in [-0.3, -0.25) is 4.79 Å². The van der Waals surface area contributed by atoms with Gasteiger partial charge >= 0.3 is 0 Å². The Morgan fingerprint density at radius 1 is 1.53 bits per heavy atom. The van der Waals surface area contributed by atoms with Crippen LogP contribution < -0.4 is 0 Å². The number of carbonyl (C=O) groups excluding carboxylic acids is 1. The number of aliphatic hydroxyl groups excluding tert-OH is 1. The molecule has 0 saturated carbocycles. The van der Waals surface area contributed by atoms with E-state index < -0.39 is 5.82 Å². The van der Waals surface area contributed by atoms with Gasteiger partial charge in [-0.05, 0) is 18.6 Å². The Morgan fingerprint density at radius 2 is 2.29 bits per heavy atom. The first-order chi connectivity index (χ1) is 8.13. The van der Waals surface area contributed by atoms with Gasteiger partial charge in [-0.1, -0.05) is 17.7 Å². The summed E-state index contributed by atoms with van der Waals surface area (Å²) in [6.07, 6.45) is 1.01. The maximum atomic E-state index is 13.6. The van der Waals surface area contributed by atoms with Crippen LogP contribution in [0.5, 0.6) is 0 Å². The number of benzene rings is 1. The highest BCUT2D eigenvalue weighted by Crippen LogP contribution is 2.26. The molecule has 0 bridgehead atoms. The first kappa shape index (κ1) is 12.3. The Balaban J connectivity index is 2.22. The van der Waals surface area contributed by atoms with Crippen LogP contribution in [0.1, 0.15) is 18.4 Å². The highest BCUT2D eigenvalue weighted by Gasteiger charge is 2.31. The molecule has 17 heavy (non-hydrogen) atoms. The predicted octanol–water partition coefficient (Wildman–Crippen LogP) is 1.96. The maximum absolute atomic E-state index is 13.6. The second-order valence-corrected chi connectivity index (χ2v) is 4.50. The smallest absolute Gasteiger partial charge is 0.223 e. The van der Waals surface area contributed by atoms with E-state index in [1.165, 1.54) is 17.0 Å². The summed E-state index contributed by atoms with van der Waals surface area (Å²) in [5.41, 5.74) is 0.308. The van der Waals surface area contributed by atoms with Crippen LogP contribution in [0.3, 0.4) is 0 Å². The van der Waals surface area contributed by atoms with Gasteiger partial charge in [0.05, 0.1) is 19.2 Å². The van der Waals surface area contributed by atoms with Gasteiger partial charge in [0.2, 0.25) is 5.91 Å². The molecule has 92 valence electrons. The molecule has 1 unspecified atom stereocenters. The molecule has 0 spiro atoms. The molecule has 1 atom stereocenters. The lowest BCUT2D eigenvalue weighted by molar-refractivity contribution is -0.130. The quantitative estimate of drug-likeness (QED) is 0.899. The van der Waals surface area contributed by atoms with E-state index in [9.17, 15) is 9.18 Å². The van der Waals surface area contributed by atoms with Gasteiger partial charge in [0.1, 0.15) is 5.82 Å². The van der Waals surface area contributed by atoms with E-state index in [-0.39, 0.29) is 25.1 Å². The highest BCUT2D eigenvalue weighted by molar-refractivity contribution is 6.31. The molecule has 1 saturated heterocycles. The molecule has 5 heteroatoms. The molecule has 1 fully saturated rings. The topological polar surface area (TPSA) is 40.5 Å². The predicted molar refractivity (Wildman–Crippen MR) is 62.1 cm³/mol. The van der Waals surface area contributed by atoms with Crippen LogP contribution >= 0.6 is 11.6 Å². The number of likely N-dealkylation sites (tertiary alicyclic amines) is 1. The van der Waals surface area contributed by atoms with E-state index in [0.717, 1.165) is 0 Å². The van der Waals surface area contributed by atoms with Crippen molar-refractivity contribution in [2.24, 2.45) is 0 Å². The van der Waals surface area contributed by atoms with Crippen LogP contribution in [-0.2, 0) is 11.3 Å². The van der Waals surface area contributed by atoms with Crippen molar-refractivity contribution in [3.8, 4) is 0 Å². The Bertz CT molecular complexity index is 418. The van der Waals surface area contributed by atoms with Gasteiger partial charge in [0.15, 0.2) is 0 Å². The molecule has 1 aliphatic heterocycles. The number of aliphatic hydroxyl groups is 1. The average Bonchev–Trinajstić information content (AvgIpc) is 2.65. The number of amides is 1. The van der Waals surface area contributed by atoms with E-state index in [2.05, 4.69) is 0 Å². The van der Waals surface area contributed by atoms with E-state index in [4.69, 9.17) is 16.7 Å². The molecule has 2 rings (SSSR count). The normalized spacial score (nSPS) is 20.1. The molecule has 0 aromatic heterocycles. The van der Waals surface area contributed by atoms with Gasteiger partial charge in [0, 0.05) is 17.0 Å². The molecule has 1 aromatic carbocycles. The molecule has 1 heterocycles. The molecule has 1 N–H and O–H groups in total. The average molecular weight is 258 g/mol. The summed E-state index contributed by atoms with van der Waals surface area (Å²) in [4.78, 5) is 13.1. The molecular formula is C12H13ClFNO2. The fourth-order valence-electron chi connectivity index (χ4n) is 2.05. The van der Waals surface area contributed by atoms with E-state index in [1.807, 2.05) is 0 Å². The van der Waals surface area contributed by atoms with Crippen LogP contribution in [0.15, 0.2) is 18.2 Å². The van der Waals surface area contributed by atoms with Gasteiger partial charge in [0.25, 0.3) is 0 Å². The molecule has 1 aliphatic rings.